The minimum absolute atomic E-state index is 0.0861. The van der Waals surface area contributed by atoms with Gasteiger partial charge in [0.05, 0.1) is 17.0 Å². The van der Waals surface area contributed by atoms with E-state index >= 15 is 0 Å². The predicted octanol–water partition coefficient (Wildman–Crippen LogP) is 4.56. The molecule has 0 fully saturated rings. The Bertz CT molecular complexity index is 1300. The maximum atomic E-state index is 12.4. The Balaban J connectivity index is 1.38. The summed E-state index contributed by atoms with van der Waals surface area (Å²) in [6, 6.07) is 14.0. The number of nitrogens with zero attached hydrogens (tertiary/aromatic N) is 2. The Kier molecular flexibility index (Phi) is 6.12. The highest BCUT2D eigenvalue weighted by Crippen LogP contribution is 2.25. The van der Waals surface area contributed by atoms with Crippen LogP contribution in [0, 0.1) is 6.92 Å². The van der Waals surface area contributed by atoms with E-state index in [9.17, 15) is 13.2 Å². The summed E-state index contributed by atoms with van der Waals surface area (Å²) in [5.41, 5.74) is 3.37. The van der Waals surface area contributed by atoms with Crippen LogP contribution in [0.2, 0.25) is 0 Å². The molecule has 0 aliphatic heterocycles. The molecule has 4 rings (SSSR count). The molecule has 2 N–H and O–H groups in total. The van der Waals surface area contributed by atoms with Crippen LogP contribution in [-0.2, 0) is 21.2 Å². The van der Waals surface area contributed by atoms with Crippen LogP contribution in [0.3, 0.4) is 0 Å². The fraction of sp³-hybridized carbons (Fsp3) is 0.0952. The molecule has 2 aromatic carbocycles. The number of aryl methyl sites for hydroxylation is 1. The van der Waals surface area contributed by atoms with Crippen molar-refractivity contribution in [3.8, 4) is 10.6 Å². The van der Waals surface area contributed by atoms with Crippen molar-refractivity contribution in [2.75, 3.05) is 10.0 Å². The van der Waals surface area contributed by atoms with Crippen molar-refractivity contribution >= 4 is 49.4 Å². The van der Waals surface area contributed by atoms with Crippen LogP contribution in [0.1, 0.15) is 11.3 Å². The van der Waals surface area contributed by atoms with Crippen molar-refractivity contribution in [1.82, 2.24) is 9.97 Å². The first-order valence-corrected chi connectivity index (χ1v) is 12.5. The van der Waals surface area contributed by atoms with Crippen LogP contribution in [0.5, 0.6) is 0 Å². The van der Waals surface area contributed by atoms with Crippen molar-refractivity contribution in [3.05, 3.63) is 76.7 Å². The summed E-state index contributed by atoms with van der Waals surface area (Å²) in [6.07, 6.45) is 1.65. The van der Waals surface area contributed by atoms with E-state index in [1.807, 2.05) is 30.5 Å². The number of thiazole rings is 2. The van der Waals surface area contributed by atoms with Crippen molar-refractivity contribution in [3.63, 3.8) is 0 Å². The zero-order valence-electron chi connectivity index (χ0n) is 16.4. The van der Waals surface area contributed by atoms with E-state index in [0.717, 1.165) is 16.1 Å². The summed E-state index contributed by atoms with van der Waals surface area (Å²) in [7, 11) is -3.73. The monoisotopic (exact) mass is 470 g/mol. The van der Waals surface area contributed by atoms with Gasteiger partial charge in [-0.1, -0.05) is 23.8 Å². The third kappa shape index (κ3) is 5.35. The summed E-state index contributed by atoms with van der Waals surface area (Å²) in [5, 5.41) is 7.49. The second kappa shape index (κ2) is 8.96. The highest BCUT2D eigenvalue weighted by molar-refractivity contribution is 7.93. The SMILES string of the molecule is Cc1cccc(-c2nc(CC(=O)Nc3ccc(S(=O)(=O)Nc4nccs4)cc3)cs2)c1. The largest absolute Gasteiger partial charge is 0.326 e. The summed E-state index contributed by atoms with van der Waals surface area (Å²) in [5.74, 6) is -0.224. The molecular weight excluding hydrogens is 452 g/mol. The highest BCUT2D eigenvalue weighted by atomic mass is 32.2. The zero-order valence-corrected chi connectivity index (χ0v) is 18.9. The molecule has 0 atom stereocenters. The number of rotatable bonds is 7. The molecule has 0 bridgehead atoms. The molecule has 10 heteroatoms. The third-order valence-corrected chi connectivity index (χ3v) is 7.37. The Morgan fingerprint density at radius 2 is 1.90 bits per heavy atom. The number of carbonyl (C=O) groups is 1. The minimum Gasteiger partial charge on any atom is -0.326 e. The Labute approximate surface area is 187 Å². The van der Waals surface area contributed by atoms with Gasteiger partial charge in [0.25, 0.3) is 10.0 Å². The molecule has 1 amide bonds. The van der Waals surface area contributed by atoms with Gasteiger partial charge < -0.3 is 5.32 Å². The summed E-state index contributed by atoms with van der Waals surface area (Å²) in [6.45, 7) is 2.02. The standard InChI is InChI=1S/C21H18N4O3S3/c1-14-3-2-4-15(11-14)20-24-17(13-30-20)12-19(26)23-16-5-7-18(8-6-16)31(27,28)25-21-22-9-10-29-21/h2-11,13H,12H2,1H3,(H,22,25)(H,23,26). The molecule has 0 unspecified atom stereocenters. The lowest BCUT2D eigenvalue weighted by Crippen LogP contribution is -2.15. The van der Waals surface area contributed by atoms with Gasteiger partial charge in [-0.3, -0.25) is 9.52 Å². The number of hydrogen-bond donors (Lipinski definition) is 2. The first kappa shape index (κ1) is 21.2. The first-order valence-electron chi connectivity index (χ1n) is 9.23. The molecule has 0 saturated carbocycles. The second-order valence-electron chi connectivity index (χ2n) is 6.71. The maximum Gasteiger partial charge on any atom is 0.263 e. The Morgan fingerprint density at radius 1 is 1.10 bits per heavy atom. The molecule has 0 saturated heterocycles. The molecule has 0 aliphatic carbocycles. The lowest BCUT2D eigenvalue weighted by Gasteiger charge is -2.07. The van der Waals surface area contributed by atoms with Crippen LogP contribution in [-0.4, -0.2) is 24.3 Å². The van der Waals surface area contributed by atoms with Gasteiger partial charge in [0.15, 0.2) is 5.13 Å². The number of sulfonamides is 1. The molecule has 0 radical (unpaired) electrons. The average molecular weight is 471 g/mol. The van der Waals surface area contributed by atoms with E-state index in [2.05, 4.69) is 26.1 Å². The molecule has 31 heavy (non-hydrogen) atoms. The molecule has 2 aromatic heterocycles. The number of hydrogen-bond acceptors (Lipinski definition) is 7. The topological polar surface area (TPSA) is 101 Å². The van der Waals surface area contributed by atoms with Crippen LogP contribution in [0.15, 0.2) is 70.4 Å². The predicted molar refractivity (Wildman–Crippen MR) is 124 cm³/mol. The van der Waals surface area contributed by atoms with E-state index < -0.39 is 10.0 Å². The van der Waals surface area contributed by atoms with Gasteiger partial charge in [-0.05, 0) is 37.3 Å². The summed E-state index contributed by atoms with van der Waals surface area (Å²) >= 11 is 2.69. The van der Waals surface area contributed by atoms with Crippen LogP contribution >= 0.6 is 22.7 Å². The van der Waals surface area contributed by atoms with E-state index in [0.29, 0.717) is 16.5 Å². The van der Waals surface area contributed by atoms with E-state index in [1.165, 1.54) is 41.0 Å². The van der Waals surface area contributed by atoms with Crippen molar-refractivity contribution in [2.45, 2.75) is 18.2 Å². The van der Waals surface area contributed by atoms with Crippen molar-refractivity contribution < 1.29 is 13.2 Å². The molecule has 0 aliphatic rings. The molecule has 0 spiro atoms. The van der Waals surface area contributed by atoms with E-state index in [1.54, 1.807) is 17.5 Å². The fourth-order valence-corrected chi connectivity index (χ4v) is 5.44. The lowest BCUT2D eigenvalue weighted by atomic mass is 10.1. The fourth-order valence-electron chi connectivity index (χ4n) is 2.83. The van der Waals surface area contributed by atoms with Crippen LogP contribution in [0.25, 0.3) is 10.6 Å². The number of anilines is 2. The van der Waals surface area contributed by atoms with Gasteiger partial charge in [-0.2, -0.15) is 0 Å². The lowest BCUT2D eigenvalue weighted by molar-refractivity contribution is -0.115. The average Bonchev–Trinajstić information content (AvgIpc) is 3.40. The number of benzene rings is 2. The van der Waals surface area contributed by atoms with Crippen molar-refractivity contribution in [1.29, 1.82) is 0 Å². The Hall–Kier alpha value is -3.08. The molecular formula is C21H18N4O3S3. The molecule has 4 aromatic rings. The van der Waals surface area contributed by atoms with Crippen LogP contribution < -0.4 is 10.0 Å². The normalized spacial score (nSPS) is 11.3. The quantitative estimate of drug-likeness (QED) is 0.412. The molecule has 158 valence electrons. The smallest absolute Gasteiger partial charge is 0.263 e. The highest BCUT2D eigenvalue weighted by Gasteiger charge is 2.16. The van der Waals surface area contributed by atoms with Crippen molar-refractivity contribution in [2.24, 2.45) is 0 Å². The summed E-state index contributed by atoms with van der Waals surface area (Å²) in [4.78, 5) is 20.9. The number of nitrogens with one attached hydrogen (secondary N) is 2. The van der Waals surface area contributed by atoms with Crippen LogP contribution in [0.4, 0.5) is 10.8 Å². The van der Waals surface area contributed by atoms with Gasteiger partial charge in [0, 0.05) is 28.2 Å². The Morgan fingerprint density at radius 3 is 2.61 bits per heavy atom. The second-order valence-corrected chi connectivity index (χ2v) is 10.1. The van der Waals surface area contributed by atoms with E-state index in [4.69, 9.17) is 0 Å². The minimum atomic E-state index is -3.73. The number of carbonyl (C=O) groups excluding carboxylic acids is 1. The van der Waals surface area contributed by atoms with Gasteiger partial charge >= 0.3 is 0 Å². The van der Waals surface area contributed by atoms with Gasteiger partial charge in [-0.25, -0.2) is 18.4 Å². The van der Waals surface area contributed by atoms with Gasteiger partial charge in [0.1, 0.15) is 5.01 Å². The van der Waals surface area contributed by atoms with Gasteiger partial charge in [0.2, 0.25) is 5.91 Å². The van der Waals surface area contributed by atoms with Gasteiger partial charge in [-0.15, -0.1) is 22.7 Å². The third-order valence-electron chi connectivity index (χ3n) is 4.26. The number of amides is 1. The van der Waals surface area contributed by atoms with E-state index in [-0.39, 0.29) is 17.2 Å². The first-order chi connectivity index (χ1) is 14.9. The summed E-state index contributed by atoms with van der Waals surface area (Å²) < 4.78 is 27.2. The maximum absolute atomic E-state index is 12.4. The molecule has 7 nitrogen and oxygen atoms in total. The molecule has 2 heterocycles. The zero-order chi connectivity index (χ0) is 21.8. The number of aromatic nitrogens is 2.